The smallest absolute Gasteiger partial charge is 0.223 e. The number of hydrogen-bond donors (Lipinski definition) is 2. The topological polar surface area (TPSA) is 134 Å². The first kappa shape index (κ1) is 28.0. The number of fused-ring (bicyclic) bond motifs is 2. The molecule has 1 atom stereocenters. The van der Waals surface area contributed by atoms with E-state index in [0.717, 1.165) is 6.07 Å². The third-order valence-corrected chi connectivity index (χ3v) is 8.02. The second kappa shape index (κ2) is 11.3. The summed E-state index contributed by atoms with van der Waals surface area (Å²) in [4.78, 5) is 44.9. The summed E-state index contributed by atoms with van der Waals surface area (Å²) in [7, 11) is 3.46. The van der Waals surface area contributed by atoms with Crippen molar-refractivity contribution in [2.45, 2.75) is 12.3 Å². The van der Waals surface area contributed by atoms with E-state index in [-0.39, 0.29) is 45.6 Å². The Hall–Kier alpha value is -5.09. The summed E-state index contributed by atoms with van der Waals surface area (Å²) >= 11 is 0. The fourth-order valence-electron chi connectivity index (χ4n) is 5.62. The molecule has 0 unspecified atom stereocenters. The Morgan fingerprint density at radius 1 is 0.977 bits per heavy atom. The highest BCUT2D eigenvalue weighted by atomic mass is 16.5. The average Bonchev–Trinajstić information content (AvgIpc) is 3.01. The van der Waals surface area contributed by atoms with Crippen molar-refractivity contribution in [3.05, 3.63) is 98.5 Å². The van der Waals surface area contributed by atoms with Gasteiger partial charge in [0.25, 0.3) is 0 Å². The molecular formula is C33H30N2O8. The van der Waals surface area contributed by atoms with Crippen LogP contribution in [0.25, 0.3) is 33.3 Å². The number of piperazine rings is 1. The lowest BCUT2D eigenvalue weighted by Gasteiger charge is -2.33. The van der Waals surface area contributed by atoms with E-state index >= 15 is 0 Å². The summed E-state index contributed by atoms with van der Waals surface area (Å²) in [6.45, 7) is 2.39. The van der Waals surface area contributed by atoms with Crippen LogP contribution in [0.1, 0.15) is 23.5 Å². The van der Waals surface area contributed by atoms with E-state index in [1.165, 1.54) is 19.4 Å². The van der Waals surface area contributed by atoms with Gasteiger partial charge in [-0.15, -0.1) is 0 Å². The summed E-state index contributed by atoms with van der Waals surface area (Å²) in [6, 6.07) is 16.0. The number of ether oxygens (including phenoxy) is 1. The Kier molecular flexibility index (Phi) is 7.37. The average molecular weight is 583 g/mol. The third kappa shape index (κ3) is 5.21. The van der Waals surface area contributed by atoms with E-state index in [4.69, 9.17) is 13.6 Å². The minimum absolute atomic E-state index is 0.0275. The predicted molar refractivity (Wildman–Crippen MR) is 161 cm³/mol. The Morgan fingerprint density at radius 2 is 1.72 bits per heavy atom. The molecule has 1 fully saturated rings. The number of aromatic hydroxyl groups is 2. The number of amides is 1. The molecule has 10 nitrogen and oxygen atoms in total. The third-order valence-electron chi connectivity index (χ3n) is 8.02. The van der Waals surface area contributed by atoms with Crippen molar-refractivity contribution in [2.24, 2.45) is 0 Å². The highest BCUT2D eigenvalue weighted by molar-refractivity contribution is 5.91. The molecule has 0 aliphatic carbocycles. The fraction of sp³-hybridized carbons (Fsp3) is 0.242. The lowest BCUT2D eigenvalue weighted by Crippen LogP contribution is -2.47. The number of carbonyl (C=O) groups excluding carboxylic acids is 1. The molecule has 1 aliphatic rings. The van der Waals surface area contributed by atoms with E-state index in [1.807, 2.05) is 13.1 Å². The number of phenols is 2. The van der Waals surface area contributed by atoms with Crippen LogP contribution in [0.3, 0.4) is 0 Å². The van der Waals surface area contributed by atoms with E-state index in [9.17, 15) is 24.6 Å². The van der Waals surface area contributed by atoms with Crippen molar-refractivity contribution in [1.82, 2.24) is 9.80 Å². The zero-order valence-corrected chi connectivity index (χ0v) is 23.7. The molecule has 2 aromatic heterocycles. The van der Waals surface area contributed by atoms with Crippen LogP contribution in [-0.4, -0.2) is 66.3 Å². The van der Waals surface area contributed by atoms with Crippen molar-refractivity contribution >= 4 is 27.8 Å². The standard InChI is InChI=1S/C33H30N2O8/c1-34-10-12-35(13-11-34)29(39)15-21(23-18-42-27-9-8-20(41-2)14-22(27)32(23)40)30-24(36)16-25(37)31-26(38)17-28(43-33(30)31)19-6-4-3-5-7-19/h3-9,14,16-18,21,36-37H,10-13,15H2,1-2H3/t21-/m0/s1. The van der Waals surface area contributed by atoms with Crippen molar-refractivity contribution in [3.8, 4) is 28.6 Å². The van der Waals surface area contributed by atoms with Crippen molar-refractivity contribution in [3.63, 3.8) is 0 Å². The van der Waals surface area contributed by atoms with Gasteiger partial charge in [-0.1, -0.05) is 30.3 Å². The number of rotatable bonds is 6. The molecule has 0 saturated carbocycles. The van der Waals surface area contributed by atoms with Gasteiger partial charge in [0.15, 0.2) is 10.9 Å². The second-order valence-corrected chi connectivity index (χ2v) is 10.7. The van der Waals surface area contributed by atoms with Crippen LogP contribution in [0.4, 0.5) is 0 Å². The maximum absolute atomic E-state index is 14.0. The zero-order valence-electron chi connectivity index (χ0n) is 23.7. The number of likely N-dealkylation sites (N-methyl/N-ethyl adjacent to an activating group) is 1. The van der Waals surface area contributed by atoms with E-state index in [1.54, 1.807) is 47.4 Å². The minimum atomic E-state index is -1.09. The lowest BCUT2D eigenvalue weighted by molar-refractivity contribution is -0.133. The van der Waals surface area contributed by atoms with Gasteiger partial charge in [0.1, 0.15) is 39.6 Å². The summed E-state index contributed by atoms with van der Waals surface area (Å²) in [5.74, 6) is -1.60. The molecule has 3 heterocycles. The van der Waals surface area contributed by atoms with Gasteiger partial charge in [-0.05, 0) is 25.2 Å². The Bertz CT molecular complexity index is 1960. The van der Waals surface area contributed by atoms with Crippen LogP contribution >= 0.6 is 0 Å². The van der Waals surface area contributed by atoms with Crippen LogP contribution in [0.2, 0.25) is 0 Å². The van der Waals surface area contributed by atoms with Gasteiger partial charge in [-0.3, -0.25) is 14.4 Å². The van der Waals surface area contributed by atoms with Gasteiger partial charge in [0.2, 0.25) is 5.91 Å². The maximum atomic E-state index is 14.0. The van der Waals surface area contributed by atoms with Gasteiger partial charge >= 0.3 is 0 Å². The molecule has 3 aromatic carbocycles. The molecule has 6 rings (SSSR count). The molecule has 2 N–H and O–H groups in total. The first-order valence-electron chi connectivity index (χ1n) is 13.9. The molecule has 0 spiro atoms. The molecule has 0 radical (unpaired) electrons. The summed E-state index contributed by atoms with van der Waals surface area (Å²) in [5.41, 5.74) is -0.0750. The number of nitrogens with zero attached hydrogens (tertiary/aromatic N) is 2. The number of hydrogen-bond acceptors (Lipinski definition) is 9. The predicted octanol–water partition coefficient (Wildman–Crippen LogP) is 4.28. The van der Waals surface area contributed by atoms with Gasteiger partial charge in [0, 0.05) is 67.3 Å². The highest BCUT2D eigenvalue weighted by Gasteiger charge is 2.32. The minimum Gasteiger partial charge on any atom is -0.507 e. The Morgan fingerprint density at radius 3 is 2.44 bits per heavy atom. The largest absolute Gasteiger partial charge is 0.507 e. The quantitative estimate of drug-likeness (QED) is 0.301. The van der Waals surface area contributed by atoms with Crippen molar-refractivity contribution in [2.75, 3.05) is 40.3 Å². The van der Waals surface area contributed by atoms with Gasteiger partial charge in [0.05, 0.1) is 18.8 Å². The lowest BCUT2D eigenvalue weighted by atomic mass is 9.86. The zero-order chi connectivity index (χ0) is 30.2. The van der Waals surface area contributed by atoms with Crippen LogP contribution in [0, 0.1) is 0 Å². The fourth-order valence-corrected chi connectivity index (χ4v) is 5.62. The summed E-state index contributed by atoms with van der Waals surface area (Å²) < 4.78 is 17.4. The number of benzene rings is 3. The first-order chi connectivity index (χ1) is 20.7. The van der Waals surface area contributed by atoms with Crippen LogP contribution in [-0.2, 0) is 4.79 Å². The SMILES string of the molecule is COc1ccc2occ([C@H](CC(=O)N3CCN(C)CC3)c3c(O)cc(O)c4c(=O)cc(-c5ccccc5)oc34)c(=O)c2c1. The molecule has 1 saturated heterocycles. The first-order valence-corrected chi connectivity index (χ1v) is 13.9. The van der Waals surface area contributed by atoms with Gasteiger partial charge < -0.3 is 33.6 Å². The molecule has 1 aliphatic heterocycles. The van der Waals surface area contributed by atoms with E-state index in [0.29, 0.717) is 43.1 Å². The number of carbonyl (C=O) groups is 1. The van der Waals surface area contributed by atoms with Gasteiger partial charge in [-0.25, -0.2) is 0 Å². The summed E-state index contributed by atoms with van der Waals surface area (Å²) in [6.07, 6.45) is 1.05. The molecular weight excluding hydrogens is 552 g/mol. The monoisotopic (exact) mass is 582 g/mol. The van der Waals surface area contributed by atoms with Gasteiger partial charge in [-0.2, -0.15) is 0 Å². The molecule has 220 valence electrons. The number of phenolic OH excluding ortho intramolecular Hbond substituents is 2. The second-order valence-electron chi connectivity index (χ2n) is 10.7. The van der Waals surface area contributed by atoms with Crippen molar-refractivity contribution in [1.29, 1.82) is 0 Å². The normalized spacial score (nSPS) is 14.7. The van der Waals surface area contributed by atoms with Crippen molar-refractivity contribution < 1.29 is 28.6 Å². The van der Waals surface area contributed by atoms with Crippen LogP contribution < -0.4 is 15.6 Å². The molecule has 1 amide bonds. The highest BCUT2D eigenvalue weighted by Crippen LogP contribution is 2.43. The Labute approximate surface area is 246 Å². The number of methoxy groups -OCH3 is 1. The van der Waals surface area contributed by atoms with Crippen LogP contribution in [0.5, 0.6) is 17.2 Å². The summed E-state index contributed by atoms with van der Waals surface area (Å²) in [5, 5.41) is 22.1. The van der Waals surface area contributed by atoms with Crippen LogP contribution in [0.15, 0.2) is 85.4 Å². The van der Waals surface area contributed by atoms with E-state index < -0.39 is 28.3 Å². The molecule has 43 heavy (non-hydrogen) atoms. The molecule has 0 bridgehead atoms. The molecule has 5 aromatic rings. The molecule has 10 heteroatoms. The maximum Gasteiger partial charge on any atom is 0.223 e. The van der Waals surface area contributed by atoms with E-state index in [2.05, 4.69) is 4.90 Å². The Balaban J connectivity index is 1.60.